The van der Waals surface area contributed by atoms with Gasteiger partial charge in [-0.3, -0.25) is 0 Å². The topological polar surface area (TPSA) is 21.3 Å². The Morgan fingerprint density at radius 1 is 1.20 bits per heavy atom. The van der Waals surface area contributed by atoms with E-state index in [0.717, 1.165) is 19.6 Å². The van der Waals surface area contributed by atoms with Crippen LogP contribution in [0.25, 0.3) is 0 Å². The van der Waals surface area contributed by atoms with Gasteiger partial charge in [0.05, 0.1) is 12.7 Å². The lowest BCUT2D eigenvalue weighted by atomic mass is 9.90. The van der Waals surface area contributed by atoms with Gasteiger partial charge in [-0.15, -0.1) is 0 Å². The molecule has 1 heterocycles. The van der Waals surface area contributed by atoms with Crippen LogP contribution in [0.15, 0.2) is 24.3 Å². The minimum atomic E-state index is 0.408. The zero-order chi connectivity index (χ0) is 14.4. The second-order valence-electron chi connectivity index (χ2n) is 6.06. The molecule has 0 bridgehead atoms. The van der Waals surface area contributed by atoms with Crippen molar-refractivity contribution in [1.29, 1.82) is 0 Å². The number of rotatable bonds is 7. The van der Waals surface area contributed by atoms with E-state index in [-0.39, 0.29) is 0 Å². The number of hydrogen-bond donors (Lipinski definition) is 1. The second kappa shape index (κ2) is 7.80. The Bertz CT molecular complexity index is 387. The Morgan fingerprint density at radius 3 is 2.50 bits per heavy atom. The molecular formula is C18H29NO. The zero-order valence-electron chi connectivity index (χ0n) is 13.2. The first kappa shape index (κ1) is 15.5. The van der Waals surface area contributed by atoms with Gasteiger partial charge < -0.3 is 10.1 Å². The summed E-state index contributed by atoms with van der Waals surface area (Å²) in [5, 5.41) is 3.72. The Labute approximate surface area is 123 Å². The summed E-state index contributed by atoms with van der Waals surface area (Å²) in [5.74, 6) is 0.605. The van der Waals surface area contributed by atoms with Gasteiger partial charge >= 0.3 is 0 Å². The number of nitrogens with one attached hydrogen (secondary N) is 1. The number of aryl methyl sites for hydroxylation is 1. The molecule has 3 atom stereocenters. The van der Waals surface area contributed by atoms with Crippen molar-refractivity contribution in [3.63, 3.8) is 0 Å². The minimum Gasteiger partial charge on any atom is -0.378 e. The van der Waals surface area contributed by atoms with Crippen LogP contribution in [0.3, 0.4) is 0 Å². The molecule has 20 heavy (non-hydrogen) atoms. The van der Waals surface area contributed by atoms with Crippen molar-refractivity contribution in [2.45, 2.75) is 58.6 Å². The molecule has 0 saturated carbocycles. The molecule has 0 amide bonds. The second-order valence-corrected chi connectivity index (χ2v) is 6.06. The summed E-state index contributed by atoms with van der Waals surface area (Å²) in [4.78, 5) is 0. The van der Waals surface area contributed by atoms with Crippen LogP contribution < -0.4 is 5.32 Å². The number of hydrogen-bond acceptors (Lipinski definition) is 2. The summed E-state index contributed by atoms with van der Waals surface area (Å²) >= 11 is 0. The smallest absolute Gasteiger partial charge is 0.0551 e. The highest BCUT2D eigenvalue weighted by molar-refractivity contribution is 5.26. The highest BCUT2D eigenvalue weighted by atomic mass is 16.5. The van der Waals surface area contributed by atoms with Gasteiger partial charge in [-0.2, -0.15) is 0 Å². The first-order valence-corrected chi connectivity index (χ1v) is 8.18. The van der Waals surface area contributed by atoms with E-state index in [4.69, 9.17) is 4.74 Å². The average Bonchev–Trinajstić information content (AvgIpc) is 2.88. The van der Waals surface area contributed by atoms with Crippen molar-refractivity contribution < 1.29 is 4.74 Å². The molecule has 1 aromatic carbocycles. The Kier molecular flexibility index (Phi) is 6.06. The van der Waals surface area contributed by atoms with Crippen molar-refractivity contribution >= 4 is 0 Å². The monoisotopic (exact) mass is 275 g/mol. The molecule has 3 unspecified atom stereocenters. The Balaban J connectivity index is 2.08. The third kappa shape index (κ3) is 4.07. The van der Waals surface area contributed by atoms with E-state index < -0.39 is 0 Å². The molecule has 1 saturated heterocycles. The number of ether oxygens (including phenoxy) is 1. The summed E-state index contributed by atoms with van der Waals surface area (Å²) in [7, 11) is 0. The highest BCUT2D eigenvalue weighted by Gasteiger charge is 2.30. The van der Waals surface area contributed by atoms with E-state index in [0.29, 0.717) is 18.1 Å². The molecule has 1 N–H and O–H groups in total. The average molecular weight is 275 g/mol. The SMILES string of the molecule is CCCNC(c1ccc(CCC)cc1)C1COC(C)C1. The predicted molar refractivity (Wildman–Crippen MR) is 85.0 cm³/mol. The largest absolute Gasteiger partial charge is 0.378 e. The Hall–Kier alpha value is -0.860. The maximum absolute atomic E-state index is 5.77. The lowest BCUT2D eigenvalue weighted by Gasteiger charge is -2.24. The highest BCUT2D eigenvalue weighted by Crippen LogP contribution is 2.32. The molecular weight excluding hydrogens is 246 g/mol. The fourth-order valence-electron chi connectivity index (χ4n) is 3.12. The molecule has 1 aromatic rings. The molecule has 0 aliphatic carbocycles. The van der Waals surface area contributed by atoms with E-state index >= 15 is 0 Å². The summed E-state index contributed by atoms with van der Waals surface area (Å²) in [5.41, 5.74) is 2.86. The van der Waals surface area contributed by atoms with E-state index in [1.165, 1.54) is 30.4 Å². The number of benzene rings is 1. The van der Waals surface area contributed by atoms with Gasteiger partial charge in [0.25, 0.3) is 0 Å². The van der Waals surface area contributed by atoms with Gasteiger partial charge in [0.15, 0.2) is 0 Å². The van der Waals surface area contributed by atoms with Crippen LogP contribution in [0, 0.1) is 5.92 Å². The maximum atomic E-state index is 5.77. The molecule has 2 heteroatoms. The summed E-state index contributed by atoms with van der Waals surface area (Å²) in [6.07, 6.45) is 5.14. The first-order chi connectivity index (χ1) is 9.74. The van der Waals surface area contributed by atoms with Crippen LogP contribution in [-0.2, 0) is 11.2 Å². The summed E-state index contributed by atoms with van der Waals surface area (Å²) < 4.78 is 5.77. The maximum Gasteiger partial charge on any atom is 0.0551 e. The van der Waals surface area contributed by atoms with Crippen LogP contribution >= 0.6 is 0 Å². The van der Waals surface area contributed by atoms with E-state index in [2.05, 4.69) is 50.4 Å². The van der Waals surface area contributed by atoms with Gasteiger partial charge in [0, 0.05) is 12.0 Å². The Morgan fingerprint density at radius 2 is 1.95 bits per heavy atom. The lowest BCUT2D eigenvalue weighted by molar-refractivity contribution is 0.117. The van der Waals surface area contributed by atoms with Crippen molar-refractivity contribution in [2.24, 2.45) is 5.92 Å². The van der Waals surface area contributed by atoms with E-state index in [1.807, 2.05) is 0 Å². The molecule has 2 nitrogen and oxygen atoms in total. The van der Waals surface area contributed by atoms with Gasteiger partial charge in [-0.05, 0) is 43.9 Å². The van der Waals surface area contributed by atoms with Crippen LogP contribution in [0.4, 0.5) is 0 Å². The van der Waals surface area contributed by atoms with Crippen LogP contribution in [0.2, 0.25) is 0 Å². The molecule has 0 radical (unpaired) electrons. The van der Waals surface area contributed by atoms with E-state index in [1.54, 1.807) is 0 Å². The summed E-state index contributed by atoms with van der Waals surface area (Å²) in [6.45, 7) is 8.60. The normalized spacial score (nSPS) is 23.9. The van der Waals surface area contributed by atoms with E-state index in [9.17, 15) is 0 Å². The van der Waals surface area contributed by atoms with Gasteiger partial charge in [-0.25, -0.2) is 0 Å². The molecule has 0 spiro atoms. The molecule has 1 aliphatic heterocycles. The molecule has 1 fully saturated rings. The fraction of sp³-hybridized carbons (Fsp3) is 0.667. The lowest BCUT2D eigenvalue weighted by Crippen LogP contribution is -2.29. The van der Waals surface area contributed by atoms with Gasteiger partial charge in [-0.1, -0.05) is 44.5 Å². The van der Waals surface area contributed by atoms with Gasteiger partial charge in [0.1, 0.15) is 0 Å². The zero-order valence-corrected chi connectivity index (χ0v) is 13.2. The predicted octanol–water partition coefficient (Wildman–Crippen LogP) is 4.10. The quantitative estimate of drug-likeness (QED) is 0.808. The molecule has 2 rings (SSSR count). The molecule has 0 aromatic heterocycles. The standard InChI is InChI=1S/C18H29NO/c1-4-6-15-7-9-16(10-8-15)18(19-11-5-2)17-12-14(3)20-13-17/h7-10,14,17-19H,4-6,11-13H2,1-3H3. The van der Waals surface area contributed by atoms with Crippen LogP contribution in [0.1, 0.15) is 57.2 Å². The van der Waals surface area contributed by atoms with Crippen molar-refractivity contribution in [2.75, 3.05) is 13.2 Å². The fourth-order valence-corrected chi connectivity index (χ4v) is 3.12. The third-order valence-corrected chi connectivity index (χ3v) is 4.19. The minimum absolute atomic E-state index is 0.408. The third-order valence-electron chi connectivity index (χ3n) is 4.19. The van der Waals surface area contributed by atoms with Gasteiger partial charge in [0.2, 0.25) is 0 Å². The molecule has 1 aliphatic rings. The van der Waals surface area contributed by atoms with Crippen LogP contribution in [-0.4, -0.2) is 19.3 Å². The van der Waals surface area contributed by atoms with Crippen molar-refractivity contribution in [3.05, 3.63) is 35.4 Å². The molecule has 112 valence electrons. The van der Waals surface area contributed by atoms with Crippen molar-refractivity contribution in [1.82, 2.24) is 5.32 Å². The van der Waals surface area contributed by atoms with Crippen molar-refractivity contribution in [3.8, 4) is 0 Å². The first-order valence-electron chi connectivity index (χ1n) is 8.18. The summed E-state index contributed by atoms with van der Waals surface area (Å²) in [6, 6.07) is 9.63. The van der Waals surface area contributed by atoms with Crippen LogP contribution in [0.5, 0.6) is 0 Å².